The maximum Gasteiger partial charge on any atom is 0.138 e. The van der Waals surface area contributed by atoms with E-state index < -0.39 is 0 Å². The smallest absolute Gasteiger partial charge is 0.138 e. The predicted molar refractivity (Wildman–Crippen MR) is 141 cm³/mol. The fraction of sp³-hybridized carbons (Fsp3) is 0. The van der Waals surface area contributed by atoms with E-state index in [0.717, 1.165) is 28.3 Å². The van der Waals surface area contributed by atoms with E-state index in [9.17, 15) is 0 Å². The van der Waals surface area contributed by atoms with Crippen molar-refractivity contribution in [3.05, 3.63) is 128 Å². The molecule has 0 N–H and O–H groups in total. The Balaban J connectivity index is 1.61. The van der Waals surface area contributed by atoms with Gasteiger partial charge in [0.15, 0.2) is 0 Å². The van der Waals surface area contributed by atoms with Crippen molar-refractivity contribution in [2.45, 2.75) is 0 Å². The monoisotopic (exact) mass is 435 g/mol. The number of fused-ring (bicyclic) bond motifs is 5. The number of rotatable bonds is 3. The lowest BCUT2D eigenvalue weighted by Crippen LogP contribution is -2.00. The van der Waals surface area contributed by atoms with Gasteiger partial charge >= 0.3 is 0 Å². The van der Waals surface area contributed by atoms with Crippen LogP contribution in [0.2, 0.25) is 0 Å². The minimum Gasteiger partial charge on any atom is -0.315 e. The zero-order chi connectivity index (χ0) is 22.5. The Morgan fingerprint density at radius 3 is 2.15 bits per heavy atom. The molecule has 0 aliphatic heterocycles. The molecule has 0 saturated heterocycles. The second-order valence-electron chi connectivity index (χ2n) is 8.52. The van der Waals surface area contributed by atoms with E-state index in [4.69, 9.17) is 4.98 Å². The highest BCUT2D eigenvalue weighted by atomic mass is 15.1. The van der Waals surface area contributed by atoms with E-state index in [1.165, 1.54) is 27.2 Å². The first-order valence-corrected chi connectivity index (χ1v) is 11.5. The lowest BCUT2D eigenvalue weighted by molar-refractivity contribution is 1.07. The molecule has 0 aliphatic carbocycles. The fourth-order valence-corrected chi connectivity index (χ4v) is 5.03. The molecule has 3 heterocycles. The Morgan fingerprint density at radius 2 is 1.29 bits per heavy atom. The first kappa shape index (κ1) is 18.9. The number of hydrogen-bond acceptors (Lipinski definition) is 1. The van der Waals surface area contributed by atoms with Crippen molar-refractivity contribution in [2.75, 3.05) is 0 Å². The van der Waals surface area contributed by atoms with E-state index in [2.05, 4.69) is 131 Å². The van der Waals surface area contributed by atoms with E-state index in [-0.39, 0.29) is 0 Å². The molecule has 4 aromatic carbocycles. The Morgan fingerprint density at radius 1 is 0.529 bits per heavy atom. The van der Waals surface area contributed by atoms with Crippen LogP contribution < -0.4 is 0 Å². The quantitative estimate of drug-likeness (QED) is 0.278. The predicted octanol–water partition coefficient (Wildman–Crippen LogP) is 7.79. The first-order chi connectivity index (χ1) is 16.9. The summed E-state index contributed by atoms with van der Waals surface area (Å²) in [6, 6.07) is 42.4. The van der Waals surface area contributed by atoms with E-state index in [0.29, 0.717) is 0 Å². The Bertz CT molecular complexity index is 1790. The van der Waals surface area contributed by atoms with Crippen molar-refractivity contribution in [3.63, 3.8) is 0 Å². The minimum atomic E-state index is 0.917. The molecular weight excluding hydrogens is 414 g/mol. The molecule has 7 aromatic rings. The summed E-state index contributed by atoms with van der Waals surface area (Å²) < 4.78 is 4.60. The van der Waals surface area contributed by atoms with Gasteiger partial charge in [0.1, 0.15) is 5.82 Å². The van der Waals surface area contributed by atoms with Crippen molar-refractivity contribution >= 4 is 32.7 Å². The van der Waals surface area contributed by atoms with Crippen LogP contribution in [-0.2, 0) is 0 Å². The summed E-state index contributed by atoms with van der Waals surface area (Å²) in [4.78, 5) is 5.13. The van der Waals surface area contributed by atoms with E-state index >= 15 is 0 Å². The highest BCUT2D eigenvalue weighted by Gasteiger charge is 2.18. The largest absolute Gasteiger partial charge is 0.315 e. The van der Waals surface area contributed by atoms with Crippen LogP contribution in [0, 0.1) is 0 Å². The molecule has 7 rings (SSSR count). The summed E-state index contributed by atoms with van der Waals surface area (Å²) in [7, 11) is 0. The highest BCUT2D eigenvalue weighted by molar-refractivity contribution is 6.18. The molecule has 0 bridgehead atoms. The van der Waals surface area contributed by atoms with Crippen LogP contribution in [0.15, 0.2) is 128 Å². The Labute approximate surface area is 197 Å². The third-order valence-electron chi connectivity index (χ3n) is 6.55. The van der Waals surface area contributed by atoms with Gasteiger partial charge in [0.2, 0.25) is 0 Å². The third-order valence-corrected chi connectivity index (χ3v) is 6.55. The van der Waals surface area contributed by atoms with Gasteiger partial charge in [-0.1, -0.05) is 84.9 Å². The van der Waals surface area contributed by atoms with Crippen LogP contribution >= 0.6 is 0 Å². The van der Waals surface area contributed by atoms with Crippen LogP contribution in [0.4, 0.5) is 0 Å². The van der Waals surface area contributed by atoms with E-state index in [1.807, 2.05) is 6.07 Å². The first-order valence-electron chi connectivity index (χ1n) is 11.5. The van der Waals surface area contributed by atoms with Crippen LogP contribution in [0.1, 0.15) is 0 Å². The van der Waals surface area contributed by atoms with Gasteiger partial charge in [-0.05, 0) is 36.4 Å². The topological polar surface area (TPSA) is 22.8 Å². The third kappa shape index (κ3) is 2.81. The SMILES string of the molecule is c1ccc(-c2cccc(-n3c4ccccc4c4ccc5ccn(-c6ccccc6)c5c43)n2)cc1. The number of benzene rings is 4. The second kappa shape index (κ2) is 7.46. The van der Waals surface area contributed by atoms with Gasteiger partial charge in [-0.25, -0.2) is 4.98 Å². The van der Waals surface area contributed by atoms with Gasteiger partial charge in [-0.3, -0.25) is 4.57 Å². The summed E-state index contributed by atoms with van der Waals surface area (Å²) >= 11 is 0. The molecule has 0 fully saturated rings. The minimum absolute atomic E-state index is 0.917. The van der Waals surface area contributed by atoms with Gasteiger partial charge in [0.05, 0.1) is 22.2 Å². The zero-order valence-electron chi connectivity index (χ0n) is 18.5. The normalized spacial score (nSPS) is 11.5. The van der Waals surface area contributed by atoms with Gasteiger partial charge in [0, 0.05) is 33.6 Å². The van der Waals surface area contributed by atoms with Crippen LogP contribution in [0.3, 0.4) is 0 Å². The van der Waals surface area contributed by atoms with Crippen LogP contribution in [-0.4, -0.2) is 14.1 Å². The molecule has 160 valence electrons. The standard InChI is InChI=1S/C31H21N3/c1-3-10-22(11-4-1)27-15-9-17-29(32-27)34-28-16-8-7-14-25(28)26-19-18-23-20-21-33(30(23)31(26)34)24-12-5-2-6-13-24/h1-21H. The number of para-hydroxylation sites is 2. The van der Waals surface area contributed by atoms with Crippen LogP contribution in [0.25, 0.3) is 55.5 Å². The van der Waals surface area contributed by atoms with Gasteiger partial charge in [-0.15, -0.1) is 0 Å². The van der Waals surface area contributed by atoms with Crippen molar-refractivity contribution in [1.29, 1.82) is 0 Å². The average Bonchev–Trinajstić information content (AvgIpc) is 3.49. The maximum absolute atomic E-state index is 5.13. The van der Waals surface area contributed by atoms with Gasteiger partial charge < -0.3 is 4.57 Å². The fourth-order valence-electron chi connectivity index (χ4n) is 5.03. The maximum atomic E-state index is 5.13. The molecule has 0 atom stereocenters. The highest BCUT2D eigenvalue weighted by Crippen LogP contribution is 2.37. The number of aromatic nitrogens is 3. The van der Waals surface area contributed by atoms with Crippen molar-refractivity contribution in [1.82, 2.24) is 14.1 Å². The molecular formula is C31H21N3. The molecule has 3 aromatic heterocycles. The molecule has 0 aliphatic rings. The summed E-state index contributed by atoms with van der Waals surface area (Å²) in [5.41, 5.74) is 6.74. The Hall–Kier alpha value is -4.63. The lowest BCUT2D eigenvalue weighted by Gasteiger charge is -2.12. The molecule has 3 nitrogen and oxygen atoms in total. The van der Waals surface area contributed by atoms with E-state index in [1.54, 1.807) is 0 Å². The van der Waals surface area contributed by atoms with Gasteiger partial charge in [0.25, 0.3) is 0 Å². The Kier molecular flexibility index (Phi) is 4.15. The molecule has 3 heteroatoms. The molecule has 0 radical (unpaired) electrons. The number of hydrogen-bond donors (Lipinski definition) is 0. The molecule has 0 amide bonds. The van der Waals surface area contributed by atoms with Crippen molar-refractivity contribution in [2.24, 2.45) is 0 Å². The summed E-state index contributed by atoms with van der Waals surface area (Å²) in [6.45, 7) is 0. The summed E-state index contributed by atoms with van der Waals surface area (Å²) in [5, 5.41) is 3.66. The summed E-state index contributed by atoms with van der Waals surface area (Å²) in [6.07, 6.45) is 2.16. The number of pyridine rings is 1. The van der Waals surface area contributed by atoms with Crippen molar-refractivity contribution in [3.8, 4) is 22.8 Å². The lowest BCUT2D eigenvalue weighted by atomic mass is 10.1. The number of nitrogens with zero attached hydrogens (tertiary/aromatic N) is 3. The molecule has 0 spiro atoms. The molecule has 0 unspecified atom stereocenters. The molecule has 0 saturated carbocycles. The zero-order valence-corrected chi connectivity index (χ0v) is 18.5. The van der Waals surface area contributed by atoms with Crippen molar-refractivity contribution < 1.29 is 0 Å². The van der Waals surface area contributed by atoms with Gasteiger partial charge in [-0.2, -0.15) is 0 Å². The molecule has 34 heavy (non-hydrogen) atoms. The second-order valence-corrected chi connectivity index (χ2v) is 8.52. The summed E-state index contributed by atoms with van der Waals surface area (Å²) in [5.74, 6) is 0.917. The average molecular weight is 436 g/mol. The van der Waals surface area contributed by atoms with Crippen LogP contribution in [0.5, 0.6) is 0 Å².